The van der Waals surface area contributed by atoms with Crippen molar-refractivity contribution in [1.29, 1.82) is 0 Å². The Morgan fingerprint density at radius 2 is 1.65 bits per heavy atom. The van der Waals surface area contributed by atoms with E-state index in [1.54, 1.807) is 24.4 Å². The second kappa shape index (κ2) is 3.80. The number of hydrogen-bond acceptors (Lipinski definition) is 3. The number of carbonyl (C=O) groups excluding carboxylic acids is 2. The third-order valence-corrected chi connectivity index (χ3v) is 3.27. The Morgan fingerprint density at radius 1 is 1.00 bits per heavy atom. The summed E-state index contributed by atoms with van der Waals surface area (Å²) >= 11 is 0. The molecule has 2 heterocycles. The Bertz CT molecular complexity index is 491. The van der Waals surface area contributed by atoms with Crippen LogP contribution in [0.3, 0.4) is 0 Å². The summed E-state index contributed by atoms with van der Waals surface area (Å²) in [5.74, 6) is 0.0729. The molecule has 0 unspecified atom stereocenters. The molecule has 0 atom stereocenters. The Hall–Kier alpha value is -1.97. The van der Waals surface area contributed by atoms with E-state index in [-0.39, 0.29) is 11.8 Å². The zero-order valence-corrected chi connectivity index (χ0v) is 9.35. The van der Waals surface area contributed by atoms with Crippen LogP contribution in [-0.2, 0) is 9.59 Å². The molecule has 3 rings (SSSR count). The summed E-state index contributed by atoms with van der Waals surface area (Å²) < 4.78 is 0. The first-order valence-electron chi connectivity index (χ1n) is 5.81. The molecule has 2 amide bonds. The van der Waals surface area contributed by atoms with Crippen molar-refractivity contribution in [3.05, 3.63) is 35.5 Å². The number of nitrogens with zero attached hydrogens (tertiary/aromatic N) is 2. The smallest absolute Gasteiger partial charge is 0.262 e. The molecule has 0 saturated carbocycles. The predicted octanol–water partition coefficient (Wildman–Crippen LogP) is 1.83. The molecule has 0 radical (unpaired) electrons. The maximum absolute atomic E-state index is 12.2. The van der Waals surface area contributed by atoms with Crippen LogP contribution in [0, 0.1) is 0 Å². The Morgan fingerprint density at radius 3 is 2.18 bits per heavy atom. The van der Waals surface area contributed by atoms with Gasteiger partial charge >= 0.3 is 0 Å². The van der Waals surface area contributed by atoms with Crippen LogP contribution in [0.25, 0.3) is 0 Å². The molecular weight excluding hydrogens is 216 g/mol. The lowest BCUT2D eigenvalue weighted by Gasteiger charge is -2.13. The van der Waals surface area contributed by atoms with E-state index in [0.717, 1.165) is 25.7 Å². The van der Waals surface area contributed by atoms with Gasteiger partial charge in [0, 0.05) is 17.3 Å². The molecule has 0 fully saturated rings. The maximum atomic E-state index is 12.2. The molecule has 2 aliphatic rings. The average molecular weight is 228 g/mol. The van der Waals surface area contributed by atoms with Gasteiger partial charge in [0.15, 0.2) is 0 Å². The van der Waals surface area contributed by atoms with E-state index in [1.807, 2.05) is 0 Å². The van der Waals surface area contributed by atoms with Crippen molar-refractivity contribution in [2.75, 3.05) is 4.90 Å². The minimum Gasteiger partial charge on any atom is -0.269 e. The van der Waals surface area contributed by atoms with E-state index in [9.17, 15) is 9.59 Å². The highest BCUT2D eigenvalue weighted by atomic mass is 16.2. The molecule has 0 saturated heterocycles. The molecule has 1 aliphatic heterocycles. The zero-order valence-electron chi connectivity index (χ0n) is 9.35. The van der Waals surface area contributed by atoms with Crippen molar-refractivity contribution < 1.29 is 9.59 Å². The van der Waals surface area contributed by atoms with Gasteiger partial charge in [0.05, 0.1) is 0 Å². The van der Waals surface area contributed by atoms with Gasteiger partial charge in [0.25, 0.3) is 11.8 Å². The van der Waals surface area contributed by atoms with E-state index < -0.39 is 0 Å². The molecule has 17 heavy (non-hydrogen) atoms. The molecule has 86 valence electrons. The first-order valence-corrected chi connectivity index (χ1v) is 5.81. The van der Waals surface area contributed by atoms with Gasteiger partial charge in [-0.25, -0.2) is 9.88 Å². The summed E-state index contributed by atoms with van der Waals surface area (Å²) in [7, 11) is 0. The van der Waals surface area contributed by atoms with Gasteiger partial charge in [0.2, 0.25) is 0 Å². The second-order valence-corrected chi connectivity index (χ2v) is 4.30. The van der Waals surface area contributed by atoms with Gasteiger partial charge in [-0.1, -0.05) is 6.07 Å². The quantitative estimate of drug-likeness (QED) is 0.689. The Kier molecular flexibility index (Phi) is 2.28. The summed E-state index contributed by atoms with van der Waals surface area (Å²) in [6, 6.07) is 5.23. The van der Waals surface area contributed by atoms with Crippen molar-refractivity contribution in [1.82, 2.24) is 4.98 Å². The predicted molar refractivity (Wildman–Crippen MR) is 62.2 cm³/mol. The number of aromatic nitrogens is 1. The number of carbonyl (C=O) groups is 2. The summed E-state index contributed by atoms with van der Waals surface area (Å²) in [4.78, 5) is 29.6. The van der Waals surface area contributed by atoms with E-state index in [0.29, 0.717) is 17.0 Å². The van der Waals surface area contributed by atoms with Crippen LogP contribution >= 0.6 is 0 Å². The van der Waals surface area contributed by atoms with Crippen LogP contribution in [0.2, 0.25) is 0 Å². The number of amides is 2. The van der Waals surface area contributed by atoms with Crippen LogP contribution in [0.5, 0.6) is 0 Å². The van der Waals surface area contributed by atoms with Crippen molar-refractivity contribution in [3.8, 4) is 0 Å². The van der Waals surface area contributed by atoms with Gasteiger partial charge in [-0.3, -0.25) is 9.59 Å². The highest BCUT2D eigenvalue weighted by molar-refractivity contribution is 6.32. The van der Waals surface area contributed by atoms with Gasteiger partial charge in [-0.15, -0.1) is 0 Å². The van der Waals surface area contributed by atoms with E-state index >= 15 is 0 Å². The normalized spacial score (nSPS) is 19.9. The third-order valence-electron chi connectivity index (χ3n) is 3.27. The molecule has 0 bridgehead atoms. The van der Waals surface area contributed by atoms with Crippen LogP contribution < -0.4 is 4.90 Å². The molecule has 1 aromatic heterocycles. The topological polar surface area (TPSA) is 50.3 Å². The Balaban J connectivity index is 2.01. The molecule has 4 heteroatoms. The average Bonchev–Trinajstić information content (AvgIpc) is 2.64. The van der Waals surface area contributed by atoms with Crippen molar-refractivity contribution in [2.45, 2.75) is 25.7 Å². The lowest BCUT2D eigenvalue weighted by molar-refractivity contribution is -0.120. The van der Waals surface area contributed by atoms with Gasteiger partial charge in [-0.05, 0) is 37.8 Å². The van der Waals surface area contributed by atoms with Gasteiger partial charge in [0.1, 0.15) is 5.82 Å². The second-order valence-electron chi connectivity index (χ2n) is 4.30. The SMILES string of the molecule is O=C1C2=C(CCCC2)C(=O)N1c1ccccn1. The lowest BCUT2D eigenvalue weighted by atomic mass is 9.93. The van der Waals surface area contributed by atoms with E-state index in [1.165, 1.54) is 4.90 Å². The monoisotopic (exact) mass is 228 g/mol. The van der Waals surface area contributed by atoms with Crippen LogP contribution in [0.15, 0.2) is 35.5 Å². The minimum atomic E-state index is -0.177. The van der Waals surface area contributed by atoms with Crippen LogP contribution in [-0.4, -0.2) is 16.8 Å². The van der Waals surface area contributed by atoms with Crippen LogP contribution in [0.4, 0.5) is 5.82 Å². The molecule has 1 aliphatic carbocycles. The van der Waals surface area contributed by atoms with Crippen molar-refractivity contribution in [2.24, 2.45) is 0 Å². The van der Waals surface area contributed by atoms with Crippen molar-refractivity contribution >= 4 is 17.6 Å². The number of anilines is 1. The fourth-order valence-corrected chi connectivity index (χ4v) is 2.43. The minimum absolute atomic E-state index is 0.177. The number of pyridine rings is 1. The highest BCUT2D eigenvalue weighted by Gasteiger charge is 2.40. The van der Waals surface area contributed by atoms with Crippen molar-refractivity contribution in [3.63, 3.8) is 0 Å². The summed E-state index contributed by atoms with van der Waals surface area (Å²) in [6.07, 6.45) is 5.03. The molecule has 0 N–H and O–H groups in total. The maximum Gasteiger partial charge on any atom is 0.262 e. The van der Waals surface area contributed by atoms with Gasteiger partial charge < -0.3 is 0 Å². The van der Waals surface area contributed by atoms with Gasteiger partial charge in [-0.2, -0.15) is 0 Å². The van der Waals surface area contributed by atoms with E-state index in [2.05, 4.69) is 4.98 Å². The highest BCUT2D eigenvalue weighted by Crippen LogP contribution is 2.34. The fraction of sp³-hybridized carbons (Fsp3) is 0.308. The summed E-state index contributed by atoms with van der Waals surface area (Å²) in [5, 5.41) is 0. The molecule has 0 aromatic carbocycles. The molecule has 1 aromatic rings. The number of rotatable bonds is 1. The van der Waals surface area contributed by atoms with Crippen LogP contribution in [0.1, 0.15) is 25.7 Å². The summed E-state index contributed by atoms with van der Waals surface area (Å²) in [6.45, 7) is 0. The number of imide groups is 1. The standard InChI is InChI=1S/C13H12N2O2/c16-12-9-5-1-2-6-10(9)13(17)15(12)11-7-3-4-8-14-11/h3-4,7-8H,1-2,5-6H2. The lowest BCUT2D eigenvalue weighted by Crippen LogP contribution is -2.32. The van der Waals surface area contributed by atoms with E-state index in [4.69, 9.17) is 0 Å². The molecule has 0 spiro atoms. The first-order chi connectivity index (χ1) is 8.29. The molecule has 4 nitrogen and oxygen atoms in total. The summed E-state index contributed by atoms with van der Waals surface area (Å²) in [5.41, 5.74) is 1.40. The largest absolute Gasteiger partial charge is 0.269 e. The first kappa shape index (κ1) is 10.2. The Labute approximate surface area is 99.0 Å². The molecular formula is C13H12N2O2. The fourth-order valence-electron chi connectivity index (χ4n) is 2.43. The zero-order chi connectivity index (χ0) is 11.8. The third kappa shape index (κ3) is 1.48. The number of hydrogen-bond donors (Lipinski definition) is 0.